The predicted octanol–water partition coefficient (Wildman–Crippen LogP) is 2.78. The van der Waals surface area contributed by atoms with Crippen LogP contribution in [0.4, 0.5) is 5.69 Å². The van der Waals surface area contributed by atoms with Crippen molar-refractivity contribution >= 4 is 29.1 Å². The van der Waals surface area contributed by atoms with Gasteiger partial charge in [0, 0.05) is 10.7 Å². The molecule has 0 spiro atoms. The number of amides is 2. The zero-order valence-corrected chi connectivity index (χ0v) is 13.4. The van der Waals surface area contributed by atoms with Crippen LogP contribution in [0.3, 0.4) is 0 Å². The van der Waals surface area contributed by atoms with Crippen molar-refractivity contribution in [1.29, 1.82) is 0 Å². The number of halogens is 1. The van der Waals surface area contributed by atoms with Crippen LogP contribution in [0.1, 0.15) is 5.56 Å². The summed E-state index contributed by atoms with van der Waals surface area (Å²) in [6.45, 7) is 2.33. The van der Waals surface area contributed by atoms with Crippen LogP contribution >= 0.6 is 11.6 Å². The van der Waals surface area contributed by atoms with Gasteiger partial charge in [0.25, 0.3) is 0 Å². The van der Waals surface area contributed by atoms with Crippen molar-refractivity contribution in [3.05, 3.63) is 59.1 Å². The second-order valence-corrected chi connectivity index (χ2v) is 5.26. The number of ether oxygens (including phenoxy) is 1. The number of hydrogen-bond acceptors (Lipinski definition) is 3. The number of para-hydroxylation sites is 1. The number of carbonyl (C=O) groups is 2. The zero-order valence-electron chi connectivity index (χ0n) is 12.6. The molecule has 0 aliphatic carbocycles. The van der Waals surface area contributed by atoms with E-state index in [0.29, 0.717) is 16.5 Å². The van der Waals surface area contributed by atoms with Crippen molar-refractivity contribution < 1.29 is 14.3 Å². The fourth-order valence-corrected chi connectivity index (χ4v) is 1.96. The lowest BCUT2D eigenvalue weighted by atomic mass is 10.2. The number of carbonyl (C=O) groups excluding carboxylic acids is 2. The van der Waals surface area contributed by atoms with Crippen molar-refractivity contribution in [1.82, 2.24) is 5.32 Å². The molecule has 0 aliphatic rings. The van der Waals surface area contributed by atoms with Gasteiger partial charge in [-0.2, -0.15) is 0 Å². The van der Waals surface area contributed by atoms with Crippen molar-refractivity contribution in [2.24, 2.45) is 0 Å². The van der Waals surface area contributed by atoms with Crippen LogP contribution in [0.2, 0.25) is 5.02 Å². The third-order valence-electron chi connectivity index (χ3n) is 3.07. The maximum absolute atomic E-state index is 11.8. The number of nitrogens with one attached hydrogen (secondary N) is 2. The highest BCUT2D eigenvalue weighted by atomic mass is 35.5. The average Bonchev–Trinajstić information content (AvgIpc) is 2.55. The van der Waals surface area contributed by atoms with Gasteiger partial charge in [0.2, 0.25) is 0 Å². The molecule has 5 nitrogen and oxygen atoms in total. The lowest BCUT2D eigenvalue weighted by Gasteiger charge is -2.09. The van der Waals surface area contributed by atoms with Gasteiger partial charge in [-0.25, -0.2) is 0 Å². The second kappa shape index (κ2) is 8.19. The van der Waals surface area contributed by atoms with Crippen LogP contribution in [-0.4, -0.2) is 25.0 Å². The van der Waals surface area contributed by atoms with Crippen LogP contribution in [0.5, 0.6) is 5.75 Å². The summed E-state index contributed by atoms with van der Waals surface area (Å²) < 4.78 is 5.42. The number of aryl methyl sites for hydroxylation is 1. The molecule has 120 valence electrons. The summed E-state index contributed by atoms with van der Waals surface area (Å²) in [4.78, 5) is 23.5. The molecule has 23 heavy (non-hydrogen) atoms. The van der Waals surface area contributed by atoms with Crippen molar-refractivity contribution in [3.8, 4) is 5.75 Å². The smallest absolute Gasteiger partial charge is 0.313 e. The molecule has 2 N–H and O–H groups in total. The molecule has 2 aromatic rings. The van der Waals surface area contributed by atoms with E-state index in [2.05, 4.69) is 10.6 Å². The Morgan fingerprint density at radius 1 is 1.04 bits per heavy atom. The molecule has 2 amide bonds. The Hall–Kier alpha value is -2.53. The molecule has 0 saturated carbocycles. The predicted molar refractivity (Wildman–Crippen MR) is 89.8 cm³/mol. The van der Waals surface area contributed by atoms with Gasteiger partial charge in [-0.3, -0.25) is 9.59 Å². The molecule has 0 saturated heterocycles. The van der Waals surface area contributed by atoms with Crippen LogP contribution in [0.15, 0.2) is 48.5 Å². The van der Waals surface area contributed by atoms with Gasteiger partial charge in [0.05, 0.1) is 6.54 Å². The van der Waals surface area contributed by atoms with E-state index in [1.165, 1.54) is 0 Å². The highest BCUT2D eigenvalue weighted by Crippen LogP contribution is 2.15. The van der Waals surface area contributed by atoms with E-state index < -0.39 is 11.8 Å². The summed E-state index contributed by atoms with van der Waals surface area (Å²) in [5, 5.41) is 5.69. The molecular formula is C17H17ClN2O3. The molecule has 2 aromatic carbocycles. The lowest BCUT2D eigenvalue weighted by molar-refractivity contribution is -0.136. The van der Waals surface area contributed by atoms with E-state index in [1.54, 1.807) is 36.4 Å². The number of hydrogen-bond donors (Lipinski definition) is 2. The first kappa shape index (κ1) is 16.8. The first-order valence-corrected chi connectivity index (χ1v) is 7.47. The van der Waals surface area contributed by atoms with E-state index >= 15 is 0 Å². The standard InChI is InChI=1S/C17H17ClN2O3/c1-12-4-2-3-5-15(12)20-17(22)16(21)19-10-11-23-14-8-6-13(18)7-9-14/h2-9H,10-11H2,1H3,(H,19,21)(H,20,22). The normalized spacial score (nSPS) is 10.0. The SMILES string of the molecule is Cc1ccccc1NC(=O)C(=O)NCCOc1ccc(Cl)cc1. The van der Waals surface area contributed by atoms with Crippen LogP contribution in [0.25, 0.3) is 0 Å². The van der Waals surface area contributed by atoms with Gasteiger partial charge in [0.1, 0.15) is 12.4 Å². The minimum atomic E-state index is -0.703. The van der Waals surface area contributed by atoms with Crippen LogP contribution in [-0.2, 0) is 9.59 Å². The molecule has 2 rings (SSSR count). The number of rotatable bonds is 5. The number of anilines is 1. The molecule has 0 unspecified atom stereocenters. The van der Waals surface area contributed by atoms with Gasteiger partial charge in [-0.05, 0) is 42.8 Å². The Labute approximate surface area is 139 Å². The van der Waals surface area contributed by atoms with Crippen molar-refractivity contribution in [3.63, 3.8) is 0 Å². The summed E-state index contributed by atoms with van der Waals surface area (Å²) in [6.07, 6.45) is 0. The lowest BCUT2D eigenvalue weighted by Crippen LogP contribution is -2.37. The first-order chi connectivity index (χ1) is 11.1. The van der Waals surface area contributed by atoms with Gasteiger partial charge in [-0.15, -0.1) is 0 Å². The Bertz CT molecular complexity index is 686. The van der Waals surface area contributed by atoms with Gasteiger partial charge >= 0.3 is 11.8 Å². The van der Waals surface area contributed by atoms with E-state index in [1.807, 2.05) is 19.1 Å². The summed E-state index contributed by atoms with van der Waals surface area (Å²) in [5.74, 6) is -0.758. The molecule has 0 aliphatic heterocycles. The number of benzene rings is 2. The zero-order chi connectivity index (χ0) is 16.7. The molecule has 0 aromatic heterocycles. The highest BCUT2D eigenvalue weighted by molar-refractivity contribution is 6.39. The van der Waals surface area contributed by atoms with Gasteiger partial charge in [-0.1, -0.05) is 29.8 Å². The fourth-order valence-electron chi connectivity index (χ4n) is 1.84. The third kappa shape index (κ3) is 5.30. The molecule has 0 heterocycles. The molecule has 0 radical (unpaired) electrons. The third-order valence-corrected chi connectivity index (χ3v) is 3.32. The molecule has 0 fully saturated rings. The van der Waals surface area contributed by atoms with Crippen LogP contribution < -0.4 is 15.4 Å². The Morgan fingerprint density at radius 3 is 2.43 bits per heavy atom. The maximum atomic E-state index is 11.8. The quantitative estimate of drug-likeness (QED) is 0.653. The van der Waals surface area contributed by atoms with E-state index in [-0.39, 0.29) is 13.2 Å². The molecule has 6 heteroatoms. The Morgan fingerprint density at radius 2 is 1.74 bits per heavy atom. The second-order valence-electron chi connectivity index (χ2n) is 4.83. The summed E-state index contributed by atoms with van der Waals surface area (Å²) in [7, 11) is 0. The van der Waals surface area contributed by atoms with Crippen molar-refractivity contribution in [2.45, 2.75) is 6.92 Å². The summed E-state index contributed by atoms with van der Waals surface area (Å²) >= 11 is 5.77. The monoisotopic (exact) mass is 332 g/mol. The Balaban J connectivity index is 1.73. The van der Waals surface area contributed by atoms with E-state index in [0.717, 1.165) is 5.56 Å². The minimum absolute atomic E-state index is 0.225. The van der Waals surface area contributed by atoms with Crippen LogP contribution in [0, 0.1) is 6.92 Å². The van der Waals surface area contributed by atoms with Gasteiger partial charge in [0.15, 0.2) is 0 Å². The molecule has 0 atom stereocenters. The summed E-state index contributed by atoms with van der Waals surface area (Å²) in [5.41, 5.74) is 1.50. The van der Waals surface area contributed by atoms with Crippen molar-refractivity contribution in [2.75, 3.05) is 18.5 Å². The van der Waals surface area contributed by atoms with Gasteiger partial charge < -0.3 is 15.4 Å². The molecular weight excluding hydrogens is 316 g/mol. The fraction of sp³-hybridized carbons (Fsp3) is 0.176. The average molecular weight is 333 g/mol. The van der Waals surface area contributed by atoms with E-state index in [9.17, 15) is 9.59 Å². The summed E-state index contributed by atoms with van der Waals surface area (Å²) in [6, 6.07) is 14.1. The largest absolute Gasteiger partial charge is 0.492 e. The first-order valence-electron chi connectivity index (χ1n) is 7.09. The Kier molecular flexibility index (Phi) is 6.00. The maximum Gasteiger partial charge on any atom is 0.313 e. The topological polar surface area (TPSA) is 67.4 Å². The molecule has 0 bridgehead atoms. The highest BCUT2D eigenvalue weighted by Gasteiger charge is 2.13. The van der Waals surface area contributed by atoms with E-state index in [4.69, 9.17) is 16.3 Å². The minimum Gasteiger partial charge on any atom is -0.492 e.